The first kappa shape index (κ1) is 28.7. The minimum absolute atomic E-state index is 0.0495. The molecule has 1 unspecified atom stereocenters. The molecule has 0 radical (unpaired) electrons. The molecular formula is C33H58N2O3Si. The zero-order valence-corrected chi connectivity index (χ0v) is 27.5. The molecule has 6 heteroatoms. The molecule has 0 aromatic carbocycles. The van der Waals surface area contributed by atoms with Crippen molar-refractivity contribution in [2.45, 2.75) is 142 Å². The van der Waals surface area contributed by atoms with Gasteiger partial charge in [0.2, 0.25) is 0 Å². The molecule has 5 nitrogen and oxygen atoms in total. The number of ether oxygens (including phenoxy) is 2. The summed E-state index contributed by atoms with van der Waals surface area (Å²) in [6.45, 7) is 22.8. The number of aliphatic hydroxyl groups excluding tert-OH is 1. The number of hydrogen-bond acceptors (Lipinski definition) is 5. The fourth-order valence-electron chi connectivity index (χ4n) is 10.5. The van der Waals surface area contributed by atoms with Gasteiger partial charge in [0.25, 0.3) is 0 Å². The van der Waals surface area contributed by atoms with Crippen LogP contribution in [0.3, 0.4) is 0 Å². The summed E-state index contributed by atoms with van der Waals surface area (Å²) in [5.41, 5.74) is 1.80. The van der Waals surface area contributed by atoms with Gasteiger partial charge in [0.05, 0.1) is 18.8 Å². The van der Waals surface area contributed by atoms with Gasteiger partial charge < -0.3 is 19.7 Å². The summed E-state index contributed by atoms with van der Waals surface area (Å²) in [7, 11) is -1.80. The number of hydrogen-bond donors (Lipinski definition) is 2. The molecule has 1 spiro atoms. The molecule has 12 atom stereocenters. The molecule has 0 aromatic heterocycles. The number of nitrogens with one attached hydrogen (secondary N) is 1. The van der Waals surface area contributed by atoms with E-state index in [1.165, 1.54) is 31.4 Å². The zero-order valence-electron chi connectivity index (χ0n) is 26.5. The van der Waals surface area contributed by atoms with Gasteiger partial charge in [0, 0.05) is 29.4 Å². The second kappa shape index (κ2) is 9.28. The third-order valence-electron chi connectivity index (χ3n) is 14.1. The van der Waals surface area contributed by atoms with Crippen molar-refractivity contribution < 1.29 is 14.6 Å². The third-order valence-corrected chi connectivity index (χ3v) is 18.6. The number of nitrogens with zero attached hydrogens (tertiary/aromatic N) is 1. The van der Waals surface area contributed by atoms with Crippen LogP contribution in [0.5, 0.6) is 0 Å². The standard InChI is InChI=1S/C33H58N2O3Si/c1-20-12-15-33(37-19-20)21(2)29-27(38-33)17-26-24-11-10-22-16-23(36)13-14-31(22,6)25(24)18-28(32(26,29)7)34-35-39(8,9)30(3,4)5/h20-27,29,35-36H,10-19H2,1-9H3/b34-28-/t20?,21-,22-,23-,24+,25-,26-,27-,29-,31-,32+,33+/m0/s1. The topological polar surface area (TPSA) is 63.1 Å². The van der Waals surface area contributed by atoms with Gasteiger partial charge in [-0.3, -0.25) is 0 Å². The van der Waals surface area contributed by atoms with Gasteiger partial charge >= 0.3 is 0 Å². The molecule has 0 aromatic rings. The minimum Gasteiger partial charge on any atom is -0.393 e. The molecule has 4 aliphatic carbocycles. The molecule has 6 fully saturated rings. The van der Waals surface area contributed by atoms with Crippen molar-refractivity contribution in [3.63, 3.8) is 0 Å². The van der Waals surface area contributed by atoms with Crippen LogP contribution in [0, 0.1) is 52.3 Å². The second-order valence-electron chi connectivity index (χ2n) is 17.1. The van der Waals surface area contributed by atoms with E-state index in [9.17, 15) is 5.11 Å². The average Bonchev–Trinajstić information content (AvgIpc) is 3.30. The largest absolute Gasteiger partial charge is 0.393 e. The van der Waals surface area contributed by atoms with Gasteiger partial charge in [-0.25, -0.2) is 0 Å². The maximum absolute atomic E-state index is 10.6. The molecule has 6 rings (SSSR count). The molecule has 6 aliphatic rings. The van der Waals surface area contributed by atoms with E-state index in [0.29, 0.717) is 40.9 Å². The fraction of sp³-hybridized carbons (Fsp3) is 0.970. The quantitative estimate of drug-likeness (QED) is 0.275. The summed E-state index contributed by atoms with van der Waals surface area (Å²) in [6, 6.07) is 0. The smallest absolute Gasteiger partial charge is 0.173 e. The Morgan fingerprint density at radius 2 is 1.74 bits per heavy atom. The monoisotopic (exact) mass is 558 g/mol. The van der Waals surface area contributed by atoms with Crippen molar-refractivity contribution in [3.05, 3.63) is 0 Å². The van der Waals surface area contributed by atoms with Crippen LogP contribution in [-0.4, -0.2) is 43.7 Å². The van der Waals surface area contributed by atoms with Crippen LogP contribution in [-0.2, 0) is 9.47 Å². The Morgan fingerprint density at radius 1 is 1.00 bits per heavy atom. The predicted octanol–water partition coefficient (Wildman–Crippen LogP) is 7.35. The Labute approximate surface area is 239 Å². The van der Waals surface area contributed by atoms with Crippen LogP contribution in [0.4, 0.5) is 0 Å². The lowest BCUT2D eigenvalue weighted by molar-refractivity contribution is -0.272. The van der Waals surface area contributed by atoms with E-state index < -0.39 is 14.0 Å². The Morgan fingerprint density at radius 3 is 2.41 bits per heavy atom. The molecule has 2 heterocycles. The molecule has 4 saturated carbocycles. The lowest BCUT2D eigenvalue weighted by Gasteiger charge is -2.61. The highest BCUT2D eigenvalue weighted by Gasteiger charge is 2.71. The summed E-state index contributed by atoms with van der Waals surface area (Å²) in [4.78, 5) is 0. The minimum atomic E-state index is -1.80. The lowest BCUT2D eigenvalue weighted by Crippen LogP contribution is -2.59. The lowest BCUT2D eigenvalue weighted by atomic mass is 9.44. The fourth-order valence-corrected chi connectivity index (χ4v) is 11.2. The van der Waals surface area contributed by atoms with Crippen LogP contribution in [0.1, 0.15) is 106 Å². The second-order valence-corrected chi connectivity index (χ2v) is 22.1. The highest BCUT2D eigenvalue weighted by atomic mass is 28.3. The first-order valence-electron chi connectivity index (χ1n) is 16.5. The predicted molar refractivity (Wildman–Crippen MR) is 161 cm³/mol. The number of aliphatic hydroxyl groups is 1. The van der Waals surface area contributed by atoms with Crippen LogP contribution >= 0.6 is 0 Å². The molecular weight excluding hydrogens is 500 g/mol. The highest BCUT2D eigenvalue weighted by Crippen LogP contribution is 2.70. The average molecular weight is 559 g/mol. The van der Waals surface area contributed by atoms with E-state index >= 15 is 0 Å². The van der Waals surface area contributed by atoms with Crippen LogP contribution in [0.25, 0.3) is 0 Å². The van der Waals surface area contributed by atoms with Crippen molar-refractivity contribution >= 4 is 13.9 Å². The first-order chi connectivity index (χ1) is 18.1. The van der Waals surface area contributed by atoms with E-state index in [1.807, 2.05) is 0 Å². The van der Waals surface area contributed by atoms with E-state index in [-0.39, 0.29) is 22.7 Å². The number of rotatable bonds is 2. The summed E-state index contributed by atoms with van der Waals surface area (Å²) in [6.07, 6.45) is 10.4. The summed E-state index contributed by atoms with van der Waals surface area (Å²) in [5, 5.41) is 20.2. The Bertz CT molecular complexity index is 984. The van der Waals surface area contributed by atoms with Crippen LogP contribution in [0.2, 0.25) is 18.1 Å². The van der Waals surface area contributed by atoms with Crippen molar-refractivity contribution in [1.29, 1.82) is 0 Å². The third kappa shape index (κ3) is 4.18. The van der Waals surface area contributed by atoms with Crippen LogP contribution < -0.4 is 5.09 Å². The summed E-state index contributed by atoms with van der Waals surface area (Å²) in [5.74, 6) is 3.76. The van der Waals surface area contributed by atoms with Gasteiger partial charge in [-0.1, -0.05) is 48.5 Å². The normalized spacial score (nSPS) is 52.8. The molecule has 222 valence electrons. The first-order valence-corrected chi connectivity index (χ1v) is 19.5. The van der Waals surface area contributed by atoms with Gasteiger partial charge in [-0.05, 0) is 105 Å². The Kier molecular flexibility index (Phi) is 6.82. The van der Waals surface area contributed by atoms with E-state index in [0.717, 1.165) is 44.6 Å². The Balaban J connectivity index is 1.38. The van der Waals surface area contributed by atoms with Gasteiger partial charge in [0.15, 0.2) is 14.0 Å². The van der Waals surface area contributed by atoms with E-state index in [1.54, 1.807) is 0 Å². The molecule has 2 N–H and O–H groups in total. The maximum Gasteiger partial charge on any atom is 0.173 e. The Hall–Kier alpha value is -0.433. The summed E-state index contributed by atoms with van der Waals surface area (Å²) < 4.78 is 13.7. The zero-order chi connectivity index (χ0) is 28.2. The SMILES string of the molecule is CC1CC[C@@]2(OC1)O[C@H]1C[C@H]3[C@@H]4CC[C@H]5C[C@@H](O)CC[C@]5(C)[C@H]4C/C(=N/N[Si](C)(C)C(C)(C)C)[C@]3(C)[C@H]1[C@@H]2C. The summed E-state index contributed by atoms with van der Waals surface area (Å²) >= 11 is 0. The molecule has 0 amide bonds. The van der Waals surface area contributed by atoms with Crippen LogP contribution in [0.15, 0.2) is 5.10 Å². The van der Waals surface area contributed by atoms with Gasteiger partial charge in [-0.2, -0.15) is 5.10 Å². The van der Waals surface area contributed by atoms with Crippen molar-refractivity contribution in [1.82, 2.24) is 5.09 Å². The highest BCUT2D eigenvalue weighted by molar-refractivity contribution is 6.77. The van der Waals surface area contributed by atoms with Crippen molar-refractivity contribution in [2.75, 3.05) is 6.61 Å². The number of hydrazone groups is 1. The van der Waals surface area contributed by atoms with Crippen molar-refractivity contribution in [3.8, 4) is 0 Å². The molecule has 39 heavy (non-hydrogen) atoms. The maximum atomic E-state index is 10.6. The molecule has 2 saturated heterocycles. The molecule has 0 bridgehead atoms. The van der Waals surface area contributed by atoms with Gasteiger partial charge in [0.1, 0.15) is 0 Å². The van der Waals surface area contributed by atoms with Gasteiger partial charge in [-0.15, -0.1) is 0 Å². The van der Waals surface area contributed by atoms with E-state index in [2.05, 4.69) is 66.7 Å². The van der Waals surface area contributed by atoms with Crippen molar-refractivity contribution in [2.24, 2.45) is 57.4 Å². The molecule has 2 aliphatic heterocycles. The van der Waals surface area contributed by atoms with E-state index in [4.69, 9.17) is 14.6 Å². The number of fused-ring (bicyclic) bond motifs is 7.